The molecule has 0 unspecified atom stereocenters. The van der Waals surface area contributed by atoms with Crippen molar-refractivity contribution in [3.63, 3.8) is 0 Å². The van der Waals surface area contributed by atoms with Gasteiger partial charge in [-0.15, -0.1) is 11.3 Å². The van der Waals surface area contributed by atoms with Gasteiger partial charge in [0.25, 0.3) is 0 Å². The molecule has 0 amide bonds. The highest BCUT2D eigenvalue weighted by molar-refractivity contribution is 7.09. The van der Waals surface area contributed by atoms with E-state index in [-0.39, 0.29) is 0 Å². The van der Waals surface area contributed by atoms with E-state index >= 15 is 0 Å². The molecule has 0 radical (unpaired) electrons. The predicted molar refractivity (Wildman–Crippen MR) is 89.6 cm³/mol. The zero-order valence-corrected chi connectivity index (χ0v) is 12.7. The molecule has 1 aromatic carbocycles. The smallest absolute Gasteiger partial charge is 0.198 e. The van der Waals surface area contributed by atoms with Gasteiger partial charge < -0.3 is 10.7 Å². The van der Waals surface area contributed by atoms with Gasteiger partial charge >= 0.3 is 0 Å². The number of nitrogens with zero attached hydrogens (tertiary/aromatic N) is 3. The number of hydrogen-bond acceptors (Lipinski definition) is 5. The first-order chi connectivity index (χ1) is 10.7. The van der Waals surface area contributed by atoms with Gasteiger partial charge in [0.2, 0.25) is 0 Å². The number of nitrogen functional groups attached to an aromatic ring is 1. The standard InChI is InChI=1S/C16H13N5S/c1-9-19-14(8-22-9)12-5-11(10-3-2-4-18-7-10)6-13-15(12)21-16(17)20-13/h2-8H,1H3,(H3,17,20,21). The Morgan fingerprint density at radius 2 is 2.09 bits per heavy atom. The Labute approximate surface area is 130 Å². The summed E-state index contributed by atoms with van der Waals surface area (Å²) in [5.41, 5.74) is 11.6. The number of nitrogens with one attached hydrogen (secondary N) is 1. The summed E-state index contributed by atoms with van der Waals surface area (Å²) in [5, 5.41) is 3.08. The maximum absolute atomic E-state index is 5.83. The molecule has 3 heterocycles. The Hall–Kier alpha value is -2.73. The van der Waals surface area contributed by atoms with Crippen molar-refractivity contribution in [1.82, 2.24) is 19.9 Å². The van der Waals surface area contributed by atoms with Crippen molar-refractivity contribution in [3.8, 4) is 22.4 Å². The predicted octanol–water partition coefficient (Wildman–Crippen LogP) is 3.64. The summed E-state index contributed by atoms with van der Waals surface area (Å²) >= 11 is 1.63. The lowest BCUT2D eigenvalue weighted by Gasteiger charge is -2.05. The minimum atomic E-state index is 0.409. The quantitative estimate of drug-likeness (QED) is 0.592. The van der Waals surface area contributed by atoms with E-state index < -0.39 is 0 Å². The molecular formula is C16H13N5S. The lowest BCUT2D eigenvalue weighted by atomic mass is 10.0. The van der Waals surface area contributed by atoms with Gasteiger partial charge in [-0.25, -0.2) is 9.97 Å². The summed E-state index contributed by atoms with van der Waals surface area (Å²) in [4.78, 5) is 16.3. The number of benzene rings is 1. The molecule has 4 aromatic rings. The SMILES string of the molecule is Cc1nc(-c2cc(-c3cccnc3)cc3nc(N)[nH]c23)cs1. The number of anilines is 1. The molecule has 0 aliphatic rings. The van der Waals surface area contributed by atoms with E-state index in [0.717, 1.165) is 38.4 Å². The second-order valence-corrected chi connectivity index (χ2v) is 6.10. The Balaban J connectivity index is 2.01. The molecule has 0 bridgehead atoms. The molecule has 5 nitrogen and oxygen atoms in total. The van der Waals surface area contributed by atoms with Crippen LogP contribution in [0.5, 0.6) is 0 Å². The van der Waals surface area contributed by atoms with Gasteiger partial charge in [0.1, 0.15) is 0 Å². The van der Waals surface area contributed by atoms with Gasteiger partial charge in [-0.1, -0.05) is 6.07 Å². The van der Waals surface area contributed by atoms with Gasteiger partial charge in [0.15, 0.2) is 5.95 Å². The number of thiazole rings is 1. The lowest BCUT2D eigenvalue weighted by Crippen LogP contribution is -1.86. The number of hydrogen-bond donors (Lipinski definition) is 2. The van der Waals surface area contributed by atoms with Crippen molar-refractivity contribution in [3.05, 3.63) is 47.0 Å². The molecule has 0 atom stereocenters. The van der Waals surface area contributed by atoms with Gasteiger partial charge in [-0.3, -0.25) is 4.98 Å². The van der Waals surface area contributed by atoms with Crippen LogP contribution in [-0.2, 0) is 0 Å². The number of H-pyrrole nitrogens is 1. The van der Waals surface area contributed by atoms with Crippen LogP contribution in [0.3, 0.4) is 0 Å². The Kier molecular flexibility index (Phi) is 2.90. The van der Waals surface area contributed by atoms with Crippen LogP contribution in [-0.4, -0.2) is 19.9 Å². The monoisotopic (exact) mass is 307 g/mol. The summed E-state index contributed by atoms with van der Waals surface area (Å²) in [7, 11) is 0. The Morgan fingerprint density at radius 1 is 1.18 bits per heavy atom. The second kappa shape index (κ2) is 4.92. The van der Waals surface area contributed by atoms with Crippen LogP contribution in [0.4, 0.5) is 5.95 Å². The molecule has 108 valence electrons. The average Bonchev–Trinajstić information content (AvgIpc) is 3.12. The third-order valence-corrected chi connectivity index (χ3v) is 4.27. The number of aromatic amines is 1. The first-order valence-corrected chi connectivity index (χ1v) is 7.71. The van der Waals surface area contributed by atoms with E-state index in [1.807, 2.05) is 36.7 Å². The zero-order chi connectivity index (χ0) is 15.1. The van der Waals surface area contributed by atoms with Crippen molar-refractivity contribution in [1.29, 1.82) is 0 Å². The molecule has 3 aromatic heterocycles. The molecular weight excluding hydrogens is 294 g/mol. The maximum Gasteiger partial charge on any atom is 0.198 e. The van der Waals surface area contributed by atoms with Crippen molar-refractivity contribution < 1.29 is 0 Å². The van der Waals surface area contributed by atoms with Gasteiger partial charge in [-0.05, 0) is 30.7 Å². The molecule has 0 aliphatic heterocycles. The minimum absolute atomic E-state index is 0.409. The summed E-state index contributed by atoms with van der Waals surface area (Å²) in [6, 6.07) is 8.07. The molecule has 3 N–H and O–H groups in total. The first kappa shape index (κ1) is 13.0. The third kappa shape index (κ3) is 2.14. The zero-order valence-electron chi connectivity index (χ0n) is 11.9. The van der Waals surface area contributed by atoms with E-state index in [1.165, 1.54) is 0 Å². The highest BCUT2D eigenvalue weighted by Gasteiger charge is 2.13. The van der Waals surface area contributed by atoms with Crippen molar-refractivity contribution in [2.45, 2.75) is 6.92 Å². The van der Waals surface area contributed by atoms with Crippen LogP contribution in [0, 0.1) is 6.92 Å². The number of imidazole rings is 1. The van der Waals surface area contributed by atoms with Crippen LogP contribution < -0.4 is 5.73 Å². The van der Waals surface area contributed by atoms with Crippen LogP contribution in [0.1, 0.15) is 5.01 Å². The van der Waals surface area contributed by atoms with E-state index in [1.54, 1.807) is 17.5 Å². The van der Waals surface area contributed by atoms with Crippen LogP contribution >= 0.6 is 11.3 Å². The van der Waals surface area contributed by atoms with Crippen LogP contribution in [0.2, 0.25) is 0 Å². The average molecular weight is 307 g/mol. The third-order valence-electron chi connectivity index (χ3n) is 3.50. The fraction of sp³-hybridized carbons (Fsp3) is 0.0625. The molecule has 0 aliphatic carbocycles. The molecule has 0 spiro atoms. The number of fused-ring (bicyclic) bond motifs is 1. The van der Waals surface area contributed by atoms with E-state index in [4.69, 9.17) is 5.73 Å². The summed E-state index contributed by atoms with van der Waals surface area (Å²) < 4.78 is 0. The molecule has 6 heteroatoms. The second-order valence-electron chi connectivity index (χ2n) is 5.03. The first-order valence-electron chi connectivity index (χ1n) is 6.83. The van der Waals surface area contributed by atoms with Gasteiger partial charge in [-0.2, -0.15) is 0 Å². The molecule has 22 heavy (non-hydrogen) atoms. The van der Waals surface area contributed by atoms with Crippen LogP contribution in [0.15, 0.2) is 42.0 Å². The van der Waals surface area contributed by atoms with Gasteiger partial charge in [0.05, 0.1) is 21.7 Å². The fourth-order valence-corrected chi connectivity index (χ4v) is 3.13. The van der Waals surface area contributed by atoms with Crippen LogP contribution in [0.25, 0.3) is 33.4 Å². The summed E-state index contributed by atoms with van der Waals surface area (Å²) in [6.45, 7) is 2.00. The number of nitrogens with two attached hydrogens (primary N) is 1. The number of rotatable bonds is 2. The molecule has 0 saturated carbocycles. The van der Waals surface area contributed by atoms with E-state index in [2.05, 4.69) is 26.0 Å². The number of aromatic nitrogens is 4. The van der Waals surface area contributed by atoms with E-state index in [0.29, 0.717) is 5.95 Å². The van der Waals surface area contributed by atoms with Gasteiger partial charge in [0, 0.05) is 28.9 Å². The molecule has 0 saturated heterocycles. The maximum atomic E-state index is 5.83. The Bertz CT molecular complexity index is 955. The minimum Gasteiger partial charge on any atom is -0.369 e. The molecule has 0 fully saturated rings. The number of pyridine rings is 1. The lowest BCUT2D eigenvalue weighted by molar-refractivity contribution is 1.30. The highest BCUT2D eigenvalue weighted by Crippen LogP contribution is 2.33. The topological polar surface area (TPSA) is 80.5 Å². The van der Waals surface area contributed by atoms with E-state index in [9.17, 15) is 0 Å². The normalized spacial score (nSPS) is 11.1. The van der Waals surface area contributed by atoms with Crippen molar-refractivity contribution >= 4 is 28.3 Å². The largest absolute Gasteiger partial charge is 0.369 e. The number of aryl methyl sites for hydroxylation is 1. The fourth-order valence-electron chi connectivity index (χ4n) is 2.52. The summed E-state index contributed by atoms with van der Waals surface area (Å²) in [6.07, 6.45) is 3.60. The summed E-state index contributed by atoms with van der Waals surface area (Å²) in [5.74, 6) is 0.409. The van der Waals surface area contributed by atoms with Crippen molar-refractivity contribution in [2.24, 2.45) is 0 Å². The van der Waals surface area contributed by atoms with Crippen molar-refractivity contribution in [2.75, 3.05) is 5.73 Å². The Morgan fingerprint density at radius 3 is 2.82 bits per heavy atom. The highest BCUT2D eigenvalue weighted by atomic mass is 32.1. The molecule has 4 rings (SSSR count).